The Kier molecular flexibility index (Phi) is 6.66. The van der Waals surface area contributed by atoms with E-state index in [-0.39, 0.29) is 0 Å². The highest BCUT2D eigenvalue weighted by Gasteiger charge is 2.10. The van der Waals surface area contributed by atoms with E-state index < -0.39 is 0 Å². The summed E-state index contributed by atoms with van der Waals surface area (Å²) in [5.74, 6) is 0.913. The zero-order valence-corrected chi connectivity index (χ0v) is 12.6. The summed E-state index contributed by atoms with van der Waals surface area (Å²) in [5, 5.41) is 7.73. The van der Waals surface area contributed by atoms with Gasteiger partial charge in [-0.1, -0.05) is 6.92 Å². The summed E-state index contributed by atoms with van der Waals surface area (Å²) in [6, 6.07) is 0. The Morgan fingerprint density at radius 1 is 1.37 bits per heavy atom. The zero-order chi connectivity index (χ0) is 14.3. The zero-order valence-electron chi connectivity index (χ0n) is 12.6. The fourth-order valence-electron chi connectivity index (χ4n) is 1.75. The average Bonchev–Trinajstić information content (AvgIpc) is 2.61. The number of nitrogens with two attached hydrogens (primary N) is 1. The first-order chi connectivity index (χ1) is 9.06. The fraction of sp³-hybridized carbons (Fsp3) is 0.769. The lowest BCUT2D eigenvalue weighted by Gasteiger charge is -2.12. The van der Waals surface area contributed by atoms with E-state index in [4.69, 9.17) is 10.5 Å². The standard InChI is InChI=1S/C13H27N5O/c1-5-7-18-13(12(14)11(2)16-18)15-6-9-19-10-8-17(3)4/h15H,5-10,14H2,1-4H3. The predicted molar refractivity (Wildman–Crippen MR) is 79.5 cm³/mol. The molecule has 0 aliphatic rings. The van der Waals surface area contributed by atoms with Gasteiger partial charge in [0, 0.05) is 19.6 Å². The van der Waals surface area contributed by atoms with Crippen molar-refractivity contribution >= 4 is 11.5 Å². The molecule has 0 saturated heterocycles. The smallest absolute Gasteiger partial charge is 0.148 e. The third kappa shape index (κ3) is 5.08. The van der Waals surface area contributed by atoms with Crippen LogP contribution >= 0.6 is 0 Å². The van der Waals surface area contributed by atoms with Gasteiger partial charge in [0.2, 0.25) is 0 Å². The SMILES string of the molecule is CCCn1nc(C)c(N)c1NCCOCCN(C)C. The predicted octanol–water partition coefficient (Wildman–Crippen LogP) is 1.17. The van der Waals surface area contributed by atoms with Gasteiger partial charge in [-0.15, -0.1) is 0 Å². The van der Waals surface area contributed by atoms with E-state index in [1.54, 1.807) is 0 Å². The Hall–Kier alpha value is -1.27. The summed E-state index contributed by atoms with van der Waals surface area (Å²) in [4.78, 5) is 2.10. The molecule has 19 heavy (non-hydrogen) atoms. The maximum atomic E-state index is 6.02. The van der Waals surface area contributed by atoms with Crippen LogP contribution in [-0.4, -0.2) is 55.1 Å². The van der Waals surface area contributed by atoms with Gasteiger partial charge in [0.1, 0.15) is 5.82 Å². The van der Waals surface area contributed by atoms with Crippen molar-refractivity contribution in [3.8, 4) is 0 Å². The first-order valence-corrected chi connectivity index (χ1v) is 6.85. The minimum Gasteiger partial charge on any atom is -0.394 e. The molecule has 0 atom stereocenters. The quantitative estimate of drug-likeness (QED) is 0.659. The normalized spacial score (nSPS) is 11.2. The molecule has 0 amide bonds. The molecule has 1 heterocycles. The Morgan fingerprint density at radius 3 is 2.74 bits per heavy atom. The number of likely N-dealkylation sites (N-methyl/N-ethyl adjacent to an activating group) is 1. The summed E-state index contributed by atoms with van der Waals surface area (Å²) >= 11 is 0. The van der Waals surface area contributed by atoms with E-state index in [0.717, 1.165) is 49.9 Å². The molecule has 0 aliphatic carbocycles. The van der Waals surface area contributed by atoms with Gasteiger partial charge in [0.15, 0.2) is 0 Å². The maximum Gasteiger partial charge on any atom is 0.148 e. The first kappa shape index (κ1) is 15.8. The highest BCUT2D eigenvalue weighted by molar-refractivity contribution is 5.64. The second-order valence-electron chi connectivity index (χ2n) is 4.91. The average molecular weight is 269 g/mol. The molecular formula is C13H27N5O. The molecular weight excluding hydrogens is 242 g/mol. The van der Waals surface area contributed by atoms with Crippen LogP contribution in [-0.2, 0) is 11.3 Å². The number of aryl methyl sites for hydroxylation is 2. The molecule has 0 unspecified atom stereocenters. The Bertz CT molecular complexity index is 375. The van der Waals surface area contributed by atoms with Crippen LogP contribution < -0.4 is 11.1 Å². The van der Waals surface area contributed by atoms with Crippen molar-refractivity contribution in [3.63, 3.8) is 0 Å². The largest absolute Gasteiger partial charge is 0.394 e. The number of ether oxygens (including phenoxy) is 1. The molecule has 0 saturated carbocycles. The van der Waals surface area contributed by atoms with Gasteiger partial charge in [0.25, 0.3) is 0 Å². The first-order valence-electron chi connectivity index (χ1n) is 6.85. The lowest BCUT2D eigenvalue weighted by molar-refractivity contribution is 0.126. The minimum absolute atomic E-state index is 0.670. The van der Waals surface area contributed by atoms with E-state index in [2.05, 4.69) is 22.2 Å². The van der Waals surface area contributed by atoms with Gasteiger partial charge >= 0.3 is 0 Å². The second-order valence-corrected chi connectivity index (χ2v) is 4.91. The van der Waals surface area contributed by atoms with Crippen molar-refractivity contribution in [2.45, 2.75) is 26.8 Å². The number of rotatable bonds is 9. The van der Waals surface area contributed by atoms with Gasteiger partial charge < -0.3 is 20.7 Å². The van der Waals surface area contributed by atoms with Crippen molar-refractivity contribution in [2.75, 3.05) is 51.4 Å². The number of hydrogen-bond donors (Lipinski definition) is 2. The van der Waals surface area contributed by atoms with Crippen LogP contribution in [0.4, 0.5) is 11.5 Å². The van der Waals surface area contributed by atoms with Crippen molar-refractivity contribution < 1.29 is 4.74 Å². The van der Waals surface area contributed by atoms with Crippen molar-refractivity contribution in [2.24, 2.45) is 0 Å². The Balaban J connectivity index is 2.36. The highest BCUT2D eigenvalue weighted by atomic mass is 16.5. The summed E-state index contributed by atoms with van der Waals surface area (Å²) in [6.45, 7) is 8.03. The molecule has 1 aromatic heterocycles. The van der Waals surface area contributed by atoms with Crippen LogP contribution in [0.5, 0.6) is 0 Å². The number of nitrogens with one attached hydrogen (secondary N) is 1. The van der Waals surface area contributed by atoms with Gasteiger partial charge in [-0.3, -0.25) is 0 Å². The third-order valence-corrected chi connectivity index (χ3v) is 2.83. The molecule has 0 aliphatic heterocycles. The van der Waals surface area contributed by atoms with Crippen molar-refractivity contribution in [1.29, 1.82) is 0 Å². The Morgan fingerprint density at radius 2 is 2.11 bits per heavy atom. The molecule has 6 nitrogen and oxygen atoms in total. The number of nitrogens with zero attached hydrogens (tertiary/aromatic N) is 3. The Labute approximate surface area is 115 Å². The monoisotopic (exact) mass is 269 g/mol. The molecule has 1 aromatic rings. The fourth-order valence-corrected chi connectivity index (χ4v) is 1.75. The van der Waals surface area contributed by atoms with Crippen LogP contribution in [0.25, 0.3) is 0 Å². The van der Waals surface area contributed by atoms with Crippen molar-refractivity contribution in [1.82, 2.24) is 14.7 Å². The summed E-state index contributed by atoms with van der Waals surface area (Å²) < 4.78 is 7.47. The molecule has 6 heteroatoms. The van der Waals surface area contributed by atoms with E-state index >= 15 is 0 Å². The maximum absolute atomic E-state index is 6.02. The highest BCUT2D eigenvalue weighted by Crippen LogP contribution is 2.22. The van der Waals surface area contributed by atoms with Crippen LogP contribution in [0.2, 0.25) is 0 Å². The van der Waals surface area contributed by atoms with Crippen LogP contribution in [0.3, 0.4) is 0 Å². The van der Waals surface area contributed by atoms with Crippen molar-refractivity contribution in [3.05, 3.63) is 5.69 Å². The van der Waals surface area contributed by atoms with Gasteiger partial charge in [-0.25, -0.2) is 4.68 Å². The number of anilines is 2. The van der Waals surface area contributed by atoms with E-state index in [1.165, 1.54) is 0 Å². The molecule has 3 N–H and O–H groups in total. The summed E-state index contributed by atoms with van der Waals surface area (Å²) in [6.07, 6.45) is 1.04. The van der Waals surface area contributed by atoms with Gasteiger partial charge in [-0.05, 0) is 27.4 Å². The minimum atomic E-state index is 0.670. The van der Waals surface area contributed by atoms with Gasteiger partial charge in [0.05, 0.1) is 24.6 Å². The molecule has 110 valence electrons. The molecule has 0 radical (unpaired) electrons. The molecule has 1 rings (SSSR count). The summed E-state index contributed by atoms with van der Waals surface area (Å²) in [5.41, 5.74) is 7.64. The third-order valence-electron chi connectivity index (χ3n) is 2.83. The number of aromatic nitrogens is 2. The lowest BCUT2D eigenvalue weighted by atomic mass is 10.4. The molecule has 0 spiro atoms. The van der Waals surface area contributed by atoms with Crippen LogP contribution in [0, 0.1) is 6.92 Å². The molecule has 0 bridgehead atoms. The number of nitrogen functional groups attached to an aromatic ring is 1. The van der Waals surface area contributed by atoms with E-state index in [0.29, 0.717) is 6.61 Å². The number of hydrogen-bond acceptors (Lipinski definition) is 5. The molecule has 0 aromatic carbocycles. The van der Waals surface area contributed by atoms with E-state index in [9.17, 15) is 0 Å². The molecule has 0 fully saturated rings. The van der Waals surface area contributed by atoms with E-state index in [1.807, 2.05) is 25.7 Å². The van der Waals surface area contributed by atoms with Gasteiger partial charge in [-0.2, -0.15) is 5.10 Å². The topological polar surface area (TPSA) is 68.3 Å². The summed E-state index contributed by atoms with van der Waals surface area (Å²) in [7, 11) is 4.07. The van der Waals surface area contributed by atoms with Crippen LogP contribution in [0.1, 0.15) is 19.0 Å². The second kappa shape index (κ2) is 8.01. The lowest BCUT2D eigenvalue weighted by Crippen LogP contribution is -2.20. The van der Waals surface area contributed by atoms with Crippen LogP contribution in [0.15, 0.2) is 0 Å².